The minimum atomic E-state index is -0.569. The van der Waals surface area contributed by atoms with Crippen LogP contribution in [0.25, 0.3) is 5.69 Å². The van der Waals surface area contributed by atoms with E-state index in [2.05, 4.69) is 16.5 Å². The molecule has 0 saturated heterocycles. The second kappa shape index (κ2) is 8.19. The summed E-state index contributed by atoms with van der Waals surface area (Å²) in [5.41, 5.74) is 7.68. The van der Waals surface area contributed by atoms with Crippen LogP contribution in [0.15, 0.2) is 48.5 Å². The van der Waals surface area contributed by atoms with Crippen molar-refractivity contribution in [3.8, 4) is 11.8 Å². The van der Waals surface area contributed by atoms with Gasteiger partial charge in [-0.05, 0) is 67.6 Å². The fraction of sp³-hybridized carbons (Fsp3) is 0.261. The normalized spacial score (nSPS) is 14.1. The van der Waals surface area contributed by atoms with Crippen molar-refractivity contribution in [2.75, 3.05) is 12.3 Å². The number of hydrogen-bond donors (Lipinski definition) is 2. The first-order valence-corrected chi connectivity index (χ1v) is 10.0. The van der Waals surface area contributed by atoms with E-state index in [1.165, 1.54) is 41.1 Å². The summed E-state index contributed by atoms with van der Waals surface area (Å²) < 4.78 is 27.8. The number of carbonyl (C=O) groups is 1. The van der Waals surface area contributed by atoms with Crippen LogP contribution in [0.1, 0.15) is 36.1 Å². The largest absolute Gasteiger partial charge is 0.382 e. The molecule has 1 aliphatic rings. The van der Waals surface area contributed by atoms with Crippen LogP contribution in [0.2, 0.25) is 0 Å². The zero-order valence-corrected chi connectivity index (χ0v) is 16.7. The van der Waals surface area contributed by atoms with Crippen LogP contribution in [-0.2, 0) is 16.6 Å². The molecule has 6 nitrogen and oxygen atoms in total. The Morgan fingerprint density at radius 3 is 2.32 bits per heavy atom. The van der Waals surface area contributed by atoms with Crippen molar-refractivity contribution >= 4 is 11.7 Å². The molecule has 3 N–H and O–H groups in total. The summed E-state index contributed by atoms with van der Waals surface area (Å²) in [4.78, 5) is 12.7. The van der Waals surface area contributed by atoms with Crippen LogP contribution in [-0.4, -0.2) is 22.2 Å². The third-order valence-electron chi connectivity index (χ3n) is 5.63. The summed E-state index contributed by atoms with van der Waals surface area (Å²) >= 11 is 0. The molecule has 0 spiro atoms. The molecule has 8 heteroatoms. The Morgan fingerprint density at radius 1 is 1.13 bits per heavy atom. The number of nitrogens with zero attached hydrogens (tertiary/aromatic N) is 3. The predicted molar refractivity (Wildman–Crippen MR) is 111 cm³/mol. The Hall–Kier alpha value is -3.73. The summed E-state index contributed by atoms with van der Waals surface area (Å²) in [6.45, 7) is 0.413. The Morgan fingerprint density at radius 2 is 1.74 bits per heavy atom. The van der Waals surface area contributed by atoms with E-state index < -0.39 is 5.41 Å². The van der Waals surface area contributed by atoms with E-state index in [4.69, 9.17) is 5.73 Å². The van der Waals surface area contributed by atoms with E-state index in [1.54, 1.807) is 12.1 Å². The molecule has 1 aliphatic carbocycles. The number of rotatable bonds is 7. The van der Waals surface area contributed by atoms with Crippen molar-refractivity contribution < 1.29 is 13.6 Å². The van der Waals surface area contributed by atoms with Gasteiger partial charge < -0.3 is 11.1 Å². The van der Waals surface area contributed by atoms with Gasteiger partial charge in [0, 0.05) is 6.54 Å². The van der Waals surface area contributed by atoms with Crippen molar-refractivity contribution in [1.82, 2.24) is 15.1 Å². The maximum atomic E-state index is 13.2. The van der Waals surface area contributed by atoms with Gasteiger partial charge in [-0.1, -0.05) is 12.1 Å². The molecule has 0 aliphatic heterocycles. The predicted octanol–water partition coefficient (Wildman–Crippen LogP) is 3.38. The second-order valence-electron chi connectivity index (χ2n) is 7.66. The summed E-state index contributed by atoms with van der Waals surface area (Å²) in [5, 5.41) is 16.8. The lowest BCUT2D eigenvalue weighted by molar-refractivity contribution is -0.123. The molecule has 4 rings (SSSR count). The van der Waals surface area contributed by atoms with Crippen LogP contribution < -0.4 is 11.1 Å². The summed E-state index contributed by atoms with van der Waals surface area (Å²) in [5.74, 6) is -0.579. The number of nitrogens with one attached hydrogen (secondary N) is 1. The van der Waals surface area contributed by atoms with Crippen LogP contribution in [0.5, 0.6) is 0 Å². The van der Waals surface area contributed by atoms with Crippen molar-refractivity contribution in [1.29, 1.82) is 5.26 Å². The highest BCUT2D eigenvalue weighted by Gasteiger charge is 2.50. The maximum Gasteiger partial charge on any atom is 0.230 e. The van der Waals surface area contributed by atoms with E-state index in [0.29, 0.717) is 30.8 Å². The molecule has 0 bridgehead atoms. The minimum absolute atomic E-state index is 0.0732. The molecule has 1 saturated carbocycles. The van der Waals surface area contributed by atoms with Crippen molar-refractivity contribution in [3.05, 3.63) is 77.0 Å². The van der Waals surface area contributed by atoms with Gasteiger partial charge in [-0.25, -0.2) is 13.5 Å². The number of amides is 1. The summed E-state index contributed by atoms with van der Waals surface area (Å²) in [6.07, 6.45) is 2.49. The molecule has 1 heterocycles. The molecular weight excluding hydrogens is 400 g/mol. The summed E-state index contributed by atoms with van der Waals surface area (Å²) in [6, 6.07) is 13.8. The molecule has 0 unspecified atom stereocenters. The van der Waals surface area contributed by atoms with Gasteiger partial charge in [0.05, 0.1) is 16.8 Å². The molecule has 1 aromatic heterocycles. The number of nitriles is 1. The smallest absolute Gasteiger partial charge is 0.230 e. The van der Waals surface area contributed by atoms with Gasteiger partial charge in [0.1, 0.15) is 29.1 Å². The van der Waals surface area contributed by atoms with Crippen molar-refractivity contribution in [2.24, 2.45) is 0 Å². The van der Waals surface area contributed by atoms with E-state index >= 15 is 0 Å². The zero-order valence-electron chi connectivity index (χ0n) is 16.7. The van der Waals surface area contributed by atoms with Crippen LogP contribution in [0.3, 0.4) is 0 Å². The fourth-order valence-corrected chi connectivity index (χ4v) is 3.72. The van der Waals surface area contributed by atoms with Crippen LogP contribution in [0, 0.1) is 23.0 Å². The third kappa shape index (κ3) is 3.99. The molecule has 158 valence electrons. The average molecular weight is 421 g/mol. The Kier molecular flexibility index (Phi) is 5.42. The van der Waals surface area contributed by atoms with Gasteiger partial charge in [-0.3, -0.25) is 4.79 Å². The number of halogens is 2. The first-order valence-electron chi connectivity index (χ1n) is 10.0. The van der Waals surface area contributed by atoms with Crippen LogP contribution >= 0.6 is 0 Å². The molecule has 3 aromatic rings. The number of nitrogen functional groups attached to an aromatic ring is 1. The molecule has 0 radical (unpaired) electrons. The van der Waals surface area contributed by atoms with E-state index in [9.17, 15) is 18.8 Å². The Balaban J connectivity index is 1.38. The SMILES string of the molecule is N#Cc1c(CCCNC(=O)C2(c3ccc(F)cc3)CC2)nn(-c2ccc(F)cc2)c1N. The first kappa shape index (κ1) is 20.5. The van der Waals surface area contributed by atoms with E-state index in [1.807, 2.05) is 0 Å². The van der Waals surface area contributed by atoms with Gasteiger partial charge in [0.25, 0.3) is 0 Å². The lowest BCUT2D eigenvalue weighted by atomic mass is 9.95. The van der Waals surface area contributed by atoms with Crippen molar-refractivity contribution in [3.63, 3.8) is 0 Å². The Labute approximate surface area is 178 Å². The summed E-state index contributed by atoms with van der Waals surface area (Å²) in [7, 11) is 0. The number of aromatic nitrogens is 2. The third-order valence-corrected chi connectivity index (χ3v) is 5.63. The zero-order chi connectivity index (χ0) is 22.0. The number of nitrogens with two attached hydrogens (primary N) is 1. The number of carbonyl (C=O) groups excluding carboxylic acids is 1. The molecule has 0 atom stereocenters. The molecule has 2 aromatic carbocycles. The molecule has 1 fully saturated rings. The number of benzene rings is 2. The lowest BCUT2D eigenvalue weighted by Gasteiger charge is -2.15. The molecular formula is C23H21F2N5O. The standard InChI is InChI=1S/C23H21F2N5O/c24-16-5-3-15(4-6-16)23(11-12-23)22(31)28-13-1-2-20-19(14-26)21(27)30(29-20)18-9-7-17(25)8-10-18/h3-10H,1-2,11-13,27H2,(H,28,31). The average Bonchev–Trinajstić information content (AvgIpc) is 3.52. The highest BCUT2D eigenvalue weighted by Crippen LogP contribution is 2.48. The topological polar surface area (TPSA) is 96.7 Å². The maximum absolute atomic E-state index is 13.2. The van der Waals surface area contributed by atoms with Gasteiger partial charge in [-0.15, -0.1) is 0 Å². The highest BCUT2D eigenvalue weighted by atomic mass is 19.1. The van der Waals surface area contributed by atoms with Crippen LogP contribution in [0.4, 0.5) is 14.6 Å². The van der Waals surface area contributed by atoms with Gasteiger partial charge in [0.15, 0.2) is 0 Å². The number of hydrogen-bond acceptors (Lipinski definition) is 4. The first-order chi connectivity index (χ1) is 14.9. The number of anilines is 1. The van der Waals surface area contributed by atoms with E-state index in [-0.39, 0.29) is 28.9 Å². The second-order valence-corrected chi connectivity index (χ2v) is 7.66. The molecule has 31 heavy (non-hydrogen) atoms. The van der Waals surface area contributed by atoms with Gasteiger partial charge >= 0.3 is 0 Å². The quantitative estimate of drug-likeness (QED) is 0.572. The lowest BCUT2D eigenvalue weighted by Crippen LogP contribution is -2.35. The monoisotopic (exact) mass is 421 g/mol. The minimum Gasteiger partial charge on any atom is -0.382 e. The fourth-order valence-electron chi connectivity index (χ4n) is 3.72. The van der Waals surface area contributed by atoms with Gasteiger partial charge in [-0.2, -0.15) is 10.4 Å². The Bertz CT molecular complexity index is 1140. The van der Waals surface area contributed by atoms with E-state index in [0.717, 1.165) is 18.4 Å². The number of aryl methyl sites for hydroxylation is 1. The van der Waals surface area contributed by atoms with Gasteiger partial charge in [0.2, 0.25) is 5.91 Å². The molecule has 1 amide bonds. The highest BCUT2D eigenvalue weighted by molar-refractivity contribution is 5.91. The van der Waals surface area contributed by atoms with Crippen molar-refractivity contribution in [2.45, 2.75) is 31.1 Å².